The summed E-state index contributed by atoms with van der Waals surface area (Å²) in [4.78, 5) is 5.28. The maximum Gasteiger partial charge on any atom is 0.0107 e. The minimum absolute atomic E-state index is 0.778. The van der Waals surface area contributed by atoms with E-state index in [1.807, 2.05) is 0 Å². The van der Waals surface area contributed by atoms with Crippen molar-refractivity contribution in [2.45, 2.75) is 57.9 Å². The zero-order valence-electron chi connectivity index (χ0n) is 12.9. The molecular formula is C16H33N3. The lowest BCUT2D eigenvalue weighted by atomic mass is 10.0. The Morgan fingerprint density at radius 3 is 2.11 bits per heavy atom. The number of nitrogens with zero attached hydrogens (tertiary/aromatic N) is 2. The lowest BCUT2D eigenvalue weighted by Crippen LogP contribution is -2.44. The first-order valence-corrected chi connectivity index (χ1v) is 8.56. The molecule has 0 aromatic rings. The van der Waals surface area contributed by atoms with Gasteiger partial charge < -0.3 is 15.1 Å². The van der Waals surface area contributed by atoms with E-state index in [9.17, 15) is 0 Å². The van der Waals surface area contributed by atoms with Gasteiger partial charge in [0, 0.05) is 19.1 Å². The molecule has 0 spiro atoms. The third-order valence-electron chi connectivity index (χ3n) is 4.69. The Morgan fingerprint density at radius 2 is 1.47 bits per heavy atom. The van der Waals surface area contributed by atoms with E-state index in [4.69, 9.17) is 0 Å². The first kappa shape index (κ1) is 15.3. The predicted molar refractivity (Wildman–Crippen MR) is 82.7 cm³/mol. The van der Waals surface area contributed by atoms with Gasteiger partial charge in [0.1, 0.15) is 0 Å². The average Bonchev–Trinajstić information content (AvgIpc) is 2.70. The second-order valence-corrected chi connectivity index (χ2v) is 6.33. The van der Waals surface area contributed by atoms with Crippen molar-refractivity contribution in [1.82, 2.24) is 15.1 Å². The number of rotatable bonds is 6. The second kappa shape index (κ2) is 8.93. The van der Waals surface area contributed by atoms with Crippen LogP contribution in [0.4, 0.5) is 0 Å². The van der Waals surface area contributed by atoms with Gasteiger partial charge in [0.25, 0.3) is 0 Å². The highest BCUT2D eigenvalue weighted by atomic mass is 15.2. The van der Waals surface area contributed by atoms with Crippen molar-refractivity contribution in [3.8, 4) is 0 Å². The minimum Gasteiger partial charge on any atom is -0.313 e. The van der Waals surface area contributed by atoms with Crippen molar-refractivity contribution < 1.29 is 0 Å². The van der Waals surface area contributed by atoms with E-state index in [-0.39, 0.29) is 0 Å². The van der Waals surface area contributed by atoms with Crippen LogP contribution in [0.3, 0.4) is 0 Å². The predicted octanol–water partition coefficient (Wildman–Crippen LogP) is 2.33. The molecule has 0 atom stereocenters. The zero-order valence-corrected chi connectivity index (χ0v) is 12.9. The molecule has 1 N–H and O–H groups in total. The molecular weight excluding hydrogens is 234 g/mol. The van der Waals surface area contributed by atoms with Crippen LogP contribution in [0.15, 0.2) is 0 Å². The van der Waals surface area contributed by atoms with Crippen LogP contribution in [0, 0.1) is 0 Å². The summed E-state index contributed by atoms with van der Waals surface area (Å²) in [7, 11) is 0. The van der Waals surface area contributed by atoms with Gasteiger partial charge in [-0.3, -0.25) is 0 Å². The summed E-state index contributed by atoms with van der Waals surface area (Å²) in [6.07, 6.45) is 9.71. The van der Waals surface area contributed by atoms with Crippen molar-refractivity contribution >= 4 is 0 Å². The van der Waals surface area contributed by atoms with Crippen molar-refractivity contribution in [3.05, 3.63) is 0 Å². The Balaban J connectivity index is 1.53. The normalized spacial score (nSPS) is 24.5. The van der Waals surface area contributed by atoms with Gasteiger partial charge in [-0.25, -0.2) is 0 Å². The van der Waals surface area contributed by atoms with Crippen molar-refractivity contribution in [3.63, 3.8) is 0 Å². The standard InChI is InChI=1S/C16H33N3/c1-2-10-18-13-7-16(8-14-18)17-9-15-19-11-5-3-4-6-12-19/h16-17H,2-15H2,1H3. The van der Waals surface area contributed by atoms with Gasteiger partial charge in [-0.05, 0) is 64.8 Å². The molecule has 0 unspecified atom stereocenters. The molecule has 0 saturated carbocycles. The zero-order chi connectivity index (χ0) is 13.3. The summed E-state index contributed by atoms with van der Waals surface area (Å²) in [5, 5.41) is 3.78. The molecule has 0 aromatic heterocycles. The molecule has 0 radical (unpaired) electrons. The fraction of sp³-hybridized carbons (Fsp3) is 1.00. The van der Waals surface area contributed by atoms with E-state index < -0.39 is 0 Å². The SMILES string of the molecule is CCCN1CCC(NCCN2CCCCCC2)CC1. The Bertz CT molecular complexity index is 216. The molecule has 19 heavy (non-hydrogen) atoms. The summed E-state index contributed by atoms with van der Waals surface area (Å²) >= 11 is 0. The first-order valence-electron chi connectivity index (χ1n) is 8.56. The lowest BCUT2D eigenvalue weighted by Gasteiger charge is -2.32. The van der Waals surface area contributed by atoms with E-state index in [0.717, 1.165) is 6.04 Å². The average molecular weight is 267 g/mol. The summed E-state index contributed by atoms with van der Waals surface area (Å²) in [5.74, 6) is 0. The van der Waals surface area contributed by atoms with Gasteiger partial charge in [0.05, 0.1) is 0 Å². The maximum absolute atomic E-state index is 3.78. The lowest BCUT2D eigenvalue weighted by molar-refractivity contribution is 0.193. The monoisotopic (exact) mass is 267 g/mol. The summed E-state index contributed by atoms with van der Waals surface area (Å²) in [6.45, 7) is 11.3. The Labute approximate surface area is 119 Å². The van der Waals surface area contributed by atoms with Crippen LogP contribution in [0.2, 0.25) is 0 Å². The molecule has 2 aliphatic heterocycles. The van der Waals surface area contributed by atoms with E-state index in [1.54, 1.807) is 0 Å². The van der Waals surface area contributed by atoms with Crippen molar-refractivity contribution in [2.75, 3.05) is 45.8 Å². The van der Waals surface area contributed by atoms with Gasteiger partial charge in [-0.1, -0.05) is 19.8 Å². The molecule has 112 valence electrons. The summed E-state index contributed by atoms with van der Waals surface area (Å²) in [5.41, 5.74) is 0. The largest absolute Gasteiger partial charge is 0.313 e. The quantitative estimate of drug-likeness (QED) is 0.797. The fourth-order valence-corrected chi connectivity index (χ4v) is 3.46. The Morgan fingerprint density at radius 1 is 0.842 bits per heavy atom. The minimum atomic E-state index is 0.778. The Hall–Kier alpha value is -0.120. The second-order valence-electron chi connectivity index (χ2n) is 6.33. The third-order valence-corrected chi connectivity index (χ3v) is 4.69. The van der Waals surface area contributed by atoms with Crippen LogP contribution in [0.5, 0.6) is 0 Å². The van der Waals surface area contributed by atoms with Gasteiger partial charge >= 0.3 is 0 Å². The van der Waals surface area contributed by atoms with Gasteiger partial charge in [0.15, 0.2) is 0 Å². The first-order chi connectivity index (χ1) is 9.38. The van der Waals surface area contributed by atoms with Gasteiger partial charge in [0.2, 0.25) is 0 Å². The van der Waals surface area contributed by atoms with Crippen molar-refractivity contribution in [1.29, 1.82) is 0 Å². The van der Waals surface area contributed by atoms with E-state index in [2.05, 4.69) is 22.0 Å². The number of nitrogens with one attached hydrogen (secondary N) is 1. The smallest absolute Gasteiger partial charge is 0.0107 e. The highest BCUT2D eigenvalue weighted by molar-refractivity contribution is 4.77. The van der Waals surface area contributed by atoms with E-state index >= 15 is 0 Å². The van der Waals surface area contributed by atoms with Crippen LogP contribution < -0.4 is 5.32 Å². The van der Waals surface area contributed by atoms with Gasteiger partial charge in [-0.2, -0.15) is 0 Å². The highest BCUT2D eigenvalue weighted by Gasteiger charge is 2.18. The number of likely N-dealkylation sites (tertiary alicyclic amines) is 2. The maximum atomic E-state index is 3.78. The van der Waals surface area contributed by atoms with E-state index in [0.29, 0.717) is 0 Å². The third kappa shape index (κ3) is 5.80. The molecule has 2 rings (SSSR count). The molecule has 3 heteroatoms. The molecule has 0 aromatic carbocycles. The van der Waals surface area contributed by atoms with Crippen LogP contribution in [-0.4, -0.2) is 61.7 Å². The van der Waals surface area contributed by atoms with Crippen LogP contribution in [-0.2, 0) is 0 Å². The highest BCUT2D eigenvalue weighted by Crippen LogP contribution is 2.11. The molecule has 2 aliphatic rings. The molecule has 2 fully saturated rings. The fourth-order valence-electron chi connectivity index (χ4n) is 3.46. The number of piperidine rings is 1. The topological polar surface area (TPSA) is 18.5 Å². The van der Waals surface area contributed by atoms with Crippen LogP contribution in [0.1, 0.15) is 51.9 Å². The van der Waals surface area contributed by atoms with E-state index in [1.165, 1.54) is 90.8 Å². The Kier molecular flexibility index (Phi) is 7.18. The van der Waals surface area contributed by atoms with Crippen LogP contribution in [0.25, 0.3) is 0 Å². The molecule has 0 aliphatic carbocycles. The van der Waals surface area contributed by atoms with Gasteiger partial charge in [-0.15, -0.1) is 0 Å². The molecule has 0 amide bonds. The molecule has 2 saturated heterocycles. The molecule has 2 heterocycles. The summed E-state index contributed by atoms with van der Waals surface area (Å²) in [6, 6.07) is 0.778. The van der Waals surface area contributed by atoms with Crippen molar-refractivity contribution in [2.24, 2.45) is 0 Å². The summed E-state index contributed by atoms with van der Waals surface area (Å²) < 4.78 is 0. The number of hydrogen-bond acceptors (Lipinski definition) is 3. The molecule has 3 nitrogen and oxygen atoms in total. The number of hydrogen-bond donors (Lipinski definition) is 1. The molecule has 0 bridgehead atoms. The van der Waals surface area contributed by atoms with Crippen LogP contribution >= 0.6 is 0 Å².